The van der Waals surface area contributed by atoms with Crippen LogP contribution in [0.25, 0.3) is 0 Å². The lowest BCUT2D eigenvalue weighted by Gasteiger charge is -2.41. The zero-order chi connectivity index (χ0) is 8.59. The minimum Gasteiger partial charge on any atom is -0.365 e. The zero-order valence-corrected chi connectivity index (χ0v) is 8.85. The van der Waals surface area contributed by atoms with E-state index in [0.717, 1.165) is 0 Å². The van der Waals surface area contributed by atoms with Crippen LogP contribution in [0.3, 0.4) is 0 Å². The molecule has 0 unspecified atom stereocenters. The molecule has 1 heterocycles. The first-order valence-corrected chi connectivity index (χ1v) is 5.07. The average molecular weight is 168 g/mol. The Bertz CT molecular complexity index is 134. The minimum absolute atomic E-state index is 0.571. The molecular formula is C5H15B3N2S. The van der Waals surface area contributed by atoms with E-state index in [4.69, 9.17) is 0 Å². The molecule has 2 nitrogen and oxygen atoms in total. The molecule has 0 aromatic heterocycles. The van der Waals surface area contributed by atoms with Gasteiger partial charge in [0, 0.05) is 0 Å². The van der Waals surface area contributed by atoms with Gasteiger partial charge in [-0.2, -0.15) is 0 Å². The van der Waals surface area contributed by atoms with E-state index in [2.05, 4.69) is 44.0 Å². The number of rotatable bonds is 0. The maximum Gasteiger partial charge on any atom is 0.285 e. The van der Waals surface area contributed by atoms with Gasteiger partial charge in [0.25, 0.3) is 19.2 Å². The van der Waals surface area contributed by atoms with Gasteiger partial charge in [0.2, 0.25) is 0 Å². The third-order valence-corrected chi connectivity index (χ3v) is 4.17. The van der Waals surface area contributed by atoms with Crippen molar-refractivity contribution >= 4 is 30.7 Å². The highest BCUT2D eigenvalue weighted by Crippen LogP contribution is 2.23. The van der Waals surface area contributed by atoms with Crippen LogP contribution in [0, 0.1) is 0 Å². The number of nitrogens with zero attached hydrogens (tertiary/aromatic N) is 2. The first-order valence-electron chi connectivity index (χ1n) is 4.13. The van der Waals surface area contributed by atoms with Crippen molar-refractivity contribution in [1.82, 2.24) is 9.44 Å². The molecule has 0 atom stereocenters. The summed E-state index contributed by atoms with van der Waals surface area (Å²) in [5, 5.41) is 0. The van der Waals surface area contributed by atoms with Crippen LogP contribution in [-0.4, -0.2) is 42.8 Å². The molecule has 1 saturated heterocycles. The fourth-order valence-electron chi connectivity index (χ4n) is 1.37. The van der Waals surface area contributed by atoms with Gasteiger partial charge < -0.3 is 9.44 Å². The van der Waals surface area contributed by atoms with Crippen LogP contribution >= 0.6 is 11.5 Å². The first-order chi connectivity index (χ1) is 5.04. The van der Waals surface area contributed by atoms with E-state index in [-0.39, 0.29) is 0 Å². The Hall–Kier alpha value is 0.465. The van der Waals surface area contributed by atoms with Crippen LogP contribution in [0.4, 0.5) is 0 Å². The maximum atomic E-state index is 2.39. The molecule has 0 N–H and O–H groups in total. The molecular weight excluding hydrogens is 153 g/mol. The Morgan fingerprint density at radius 2 is 1.27 bits per heavy atom. The summed E-state index contributed by atoms with van der Waals surface area (Å²) >= 11 is 2.01. The summed E-state index contributed by atoms with van der Waals surface area (Å²) in [6, 6.07) is 0. The van der Waals surface area contributed by atoms with Gasteiger partial charge in [-0.3, -0.25) is 0 Å². The van der Waals surface area contributed by atoms with E-state index in [1.165, 1.54) is 0 Å². The molecule has 0 amide bonds. The Morgan fingerprint density at radius 1 is 0.909 bits per heavy atom. The van der Waals surface area contributed by atoms with Crippen molar-refractivity contribution in [2.75, 3.05) is 14.1 Å². The average Bonchev–Trinajstić information content (AvgIpc) is 1.97. The maximum absolute atomic E-state index is 2.39. The van der Waals surface area contributed by atoms with Gasteiger partial charge in [0.15, 0.2) is 0 Å². The predicted octanol–water partition coefficient (Wildman–Crippen LogP) is 0.951. The van der Waals surface area contributed by atoms with Crippen molar-refractivity contribution in [2.24, 2.45) is 0 Å². The molecule has 0 bridgehead atoms. The Labute approximate surface area is 75.2 Å². The number of hydrogen-bond acceptors (Lipinski definition) is 3. The first kappa shape index (κ1) is 9.55. The molecule has 6 heteroatoms. The lowest BCUT2D eigenvalue weighted by atomic mass is 9.61. The van der Waals surface area contributed by atoms with Crippen molar-refractivity contribution in [1.29, 1.82) is 0 Å². The molecule has 1 aliphatic rings. The normalized spacial score (nSPS) is 23.2. The molecule has 1 rings (SSSR count). The molecule has 1 fully saturated rings. The summed E-state index contributed by atoms with van der Waals surface area (Å²) in [7, 11) is 4.37. The second kappa shape index (κ2) is 3.46. The molecule has 60 valence electrons. The predicted molar refractivity (Wildman–Crippen MR) is 58.0 cm³/mol. The standard InChI is InChI=1S/C5H15B3N2S/c1-6-9(4)7(2)11-8(3)10(6)5/h1-5H3. The van der Waals surface area contributed by atoms with Gasteiger partial charge in [0.05, 0.1) is 0 Å². The second-order valence-corrected chi connectivity index (χ2v) is 4.93. The van der Waals surface area contributed by atoms with E-state index < -0.39 is 0 Å². The topological polar surface area (TPSA) is 6.48 Å². The van der Waals surface area contributed by atoms with Gasteiger partial charge in [0.1, 0.15) is 0 Å². The fourth-order valence-corrected chi connectivity index (χ4v) is 2.68. The Morgan fingerprint density at radius 3 is 1.64 bits per heavy atom. The fraction of sp³-hybridized carbons (Fsp3) is 1.00. The van der Waals surface area contributed by atoms with Crippen molar-refractivity contribution < 1.29 is 0 Å². The van der Waals surface area contributed by atoms with Gasteiger partial charge in [-0.1, -0.05) is 20.5 Å². The van der Waals surface area contributed by atoms with Crippen molar-refractivity contribution in [2.45, 2.75) is 20.5 Å². The van der Waals surface area contributed by atoms with Crippen LogP contribution < -0.4 is 0 Å². The molecule has 0 saturated carbocycles. The van der Waals surface area contributed by atoms with Crippen molar-refractivity contribution in [3.63, 3.8) is 0 Å². The van der Waals surface area contributed by atoms with E-state index in [1.807, 2.05) is 11.5 Å². The van der Waals surface area contributed by atoms with E-state index in [1.54, 1.807) is 0 Å². The third-order valence-electron chi connectivity index (χ3n) is 2.72. The summed E-state index contributed by atoms with van der Waals surface area (Å²) in [6.07, 6.45) is 1.30. The Balaban J connectivity index is 2.63. The molecule has 0 spiro atoms. The van der Waals surface area contributed by atoms with Gasteiger partial charge >= 0.3 is 0 Å². The van der Waals surface area contributed by atoms with Gasteiger partial charge in [-0.25, -0.2) is 11.5 Å². The third kappa shape index (κ3) is 1.79. The largest absolute Gasteiger partial charge is 0.365 e. The highest BCUT2D eigenvalue weighted by atomic mass is 32.2. The molecule has 1 aliphatic heterocycles. The van der Waals surface area contributed by atoms with Crippen molar-refractivity contribution in [3.8, 4) is 0 Å². The SMILES string of the molecule is CB1SB(C)N(C)B(C)N1C. The quantitative estimate of drug-likeness (QED) is 0.497. The van der Waals surface area contributed by atoms with Crippen molar-refractivity contribution in [3.05, 3.63) is 0 Å². The minimum atomic E-state index is 0.571. The van der Waals surface area contributed by atoms with E-state index >= 15 is 0 Å². The van der Waals surface area contributed by atoms with Crippen LogP contribution in [-0.2, 0) is 0 Å². The van der Waals surface area contributed by atoms with E-state index in [9.17, 15) is 0 Å². The summed E-state index contributed by atoms with van der Waals surface area (Å²) in [5.74, 6) is 0. The van der Waals surface area contributed by atoms with Gasteiger partial charge in [-0.05, 0) is 14.1 Å². The van der Waals surface area contributed by atoms with Crippen LogP contribution in [0.2, 0.25) is 20.5 Å². The second-order valence-electron chi connectivity index (χ2n) is 3.30. The lowest BCUT2D eigenvalue weighted by molar-refractivity contribution is 0.685. The number of hydrogen-bond donors (Lipinski definition) is 0. The smallest absolute Gasteiger partial charge is 0.285 e. The molecule has 11 heavy (non-hydrogen) atoms. The highest BCUT2D eigenvalue weighted by Gasteiger charge is 2.37. The Kier molecular flexibility index (Phi) is 3.00. The summed E-state index contributed by atoms with van der Waals surface area (Å²) in [4.78, 5) is 0. The summed E-state index contributed by atoms with van der Waals surface area (Å²) in [5.41, 5.74) is 0. The van der Waals surface area contributed by atoms with Crippen LogP contribution in [0.1, 0.15) is 0 Å². The lowest BCUT2D eigenvalue weighted by Crippen LogP contribution is -2.60. The van der Waals surface area contributed by atoms with Crippen LogP contribution in [0.15, 0.2) is 0 Å². The molecule has 0 aromatic rings. The summed E-state index contributed by atoms with van der Waals surface area (Å²) in [6.45, 7) is 7.36. The monoisotopic (exact) mass is 168 g/mol. The van der Waals surface area contributed by atoms with Gasteiger partial charge in [-0.15, -0.1) is 0 Å². The van der Waals surface area contributed by atoms with Crippen LogP contribution in [0.5, 0.6) is 0 Å². The summed E-state index contributed by atoms with van der Waals surface area (Å²) < 4.78 is 4.79. The van der Waals surface area contributed by atoms with E-state index in [0.29, 0.717) is 19.2 Å². The zero-order valence-electron chi connectivity index (χ0n) is 8.03. The molecule has 0 aliphatic carbocycles. The molecule has 0 radical (unpaired) electrons. The molecule has 0 aromatic carbocycles. The highest BCUT2D eigenvalue weighted by molar-refractivity contribution is 8.45.